The second-order valence-corrected chi connectivity index (χ2v) is 3.09. The molecule has 0 aliphatic carbocycles. The Morgan fingerprint density at radius 1 is 1.36 bits per heavy atom. The highest BCUT2D eigenvalue weighted by molar-refractivity contribution is 5.98. The van der Waals surface area contributed by atoms with Gasteiger partial charge < -0.3 is 4.98 Å². The Morgan fingerprint density at radius 3 is 2.86 bits per heavy atom. The zero-order chi connectivity index (χ0) is 9.97. The molecule has 2 aromatic rings. The first kappa shape index (κ1) is 8.75. The van der Waals surface area contributed by atoms with Gasteiger partial charge in [0.15, 0.2) is 0 Å². The van der Waals surface area contributed by atoms with Crippen molar-refractivity contribution in [1.29, 1.82) is 0 Å². The summed E-state index contributed by atoms with van der Waals surface area (Å²) in [5.41, 5.74) is 3.26. The molecule has 0 spiro atoms. The Bertz CT molecular complexity index is 492. The van der Waals surface area contributed by atoms with Crippen LogP contribution in [0.2, 0.25) is 0 Å². The number of para-hydroxylation sites is 1. The fourth-order valence-electron chi connectivity index (χ4n) is 1.64. The molecule has 0 saturated heterocycles. The highest BCUT2D eigenvalue weighted by atomic mass is 14.8. The summed E-state index contributed by atoms with van der Waals surface area (Å²) in [6.07, 6.45) is 3.67. The molecule has 0 unspecified atom stereocenters. The van der Waals surface area contributed by atoms with Gasteiger partial charge in [-0.1, -0.05) is 30.9 Å². The van der Waals surface area contributed by atoms with Gasteiger partial charge in [0.2, 0.25) is 0 Å². The predicted molar refractivity (Wildman–Crippen MR) is 61.9 cm³/mol. The third-order valence-electron chi connectivity index (χ3n) is 2.24. The number of aromatic nitrogens is 1. The smallest absolute Gasteiger partial charge is 0.0645 e. The van der Waals surface area contributed by atoms with Crippen LogP contribution in [0.4, 0.5) is 0 Å². The number of hydrogen-bond donors (Lipinski definition) is 1. The van der Waals surface area contributed by atoms with Crippen molar-refractivity contribution in [2.45, 2.75) is 0 Å². The van der Waals surface area contributed by atoms with Crippen LogP contribution in [0.5, 0.6) is 0 Å². The molecule has 2 heteroatoms. The van der Waals surface area contributed by atoms with Crippen LogP contribution in [-0.4, -0.2) is 18.2 Å². The number of aliphatic imine (C=N–C) groups is 1. The van der Waals surface area contributed by atoms with E-state index < -0.39 is 0 Å². The van der Waals surface area contributed by atoms with Gasteiger partial charge in [-0.15, -0.1) is 0 Å². The number of fused-ring (bicyclic) bond motifs is 1. The molecule has 1 aromatic heterocycles. The van der Waals surface area contributed by atoms with Crippen molar-refractivity contribution < 1.29 is 0 Å². The van der Waals surface area contributed by atoms with Crippen LogP contribution in [0, 0.1) is 0 Å². The van der Waals surface area contributed by atoms with Crippen LogP contribution in [0.1, 0.15) is 11.3 Å². The lowest BCUT2D eigenvalue weighted by molar-refractivity contribution is 1.39. The van der Waals surface area contributed by atoms with E-state index in [4.69, 9.17) is 0 Å². The lowest BCUT2D eigenvalue weighted by atomic mass is 10.1. The van der Waals surface area contributed by atoms with Crippen LogP contribution < -0.4 is 0 Å². The molecule has 0 atom stereocenters. The standard InChI is InChI=1S/C12H12N2/c1-3-9-10-6-4-5-7-11(10)14-12(9)8-13-2/h3-8,14H,1H2,2H3. The van der Waals surface area contributed by atoms with Crippen LogP contribution >= 0.6 is 0 Å². The second kappa shape index (κ2) is 3.50. The average Bonchev–Trinajstić information content (AvgIpc) is 2.55. The summed E-state index contributed by atoms with van der Waals surface area (Å²) in [6.45, 7) is 3.81. The molecule has 2 rings (SSSR count). The van der Waals surface area contributed by atoms with Gasteiger partial charge in [0.25, 0.3) is 0 Å². The van der Waals surface area contributed by atoms with Crippen LogP contribution in [-0.2, 0) is 0 Å². The van der Waals surface area contributed by atoms with Crippen molar-refractivity contribution in [2.75, 3.05) is 7.05 Å². The topological polar surface area (TPSA) is 28.1 Å². The Labute approximate surface area is 83.0 Å². The molecule has 0 fully saturated rings. The summed E-state index contributed by atoms with van der Waals surface area (Å²) >= 11 is 0. The molecular formula is C12H12N2. The van der Waals surface area contributed by atoms with E-state index in [1.807, 2.05) is 24.4 Å². The first-order valence-corrected chi connectivity index (χ1v) is 4.52. The predicted octanol–water partition coefficient (Wildman–Crippen LogP) is 2.86. The average molecular weight is 184 g/mol. The molecule has 1 N–H and O–H groups in total. The maximum absolute atomic E-state index is 4.01. The summed E-state index contributed by atoms with van der Waals surface area (Å²) in [5.74, 6) is 0. The molecule has 0 saturated carbocycles. The monoisotopic (exact) mass is 184 g/mol. The minimum absolute atomic E-state index is 1.02. The Kier molecular flexibility index (Phi) is 2.19. The minimum atomic E-state index is 1.02. The zero-order valence-corrected chi connectivity index (χ0v) is 8.12. The number of nitrogens with one attached hydrogen (secondary N) is 1. The number of hydrogen-bond acceptors (Lipinski definition) is 1. The van der Waals surface area contributed by atoms with E-state index >= 15 is 0 Å². The molecule has 0 aliphatic rings. The first-order chi connectivity index (χ1) is 6.86. The number of nitrogens with zero attached hydrogens (tertiary/aromatic N) is 1. The number of benzene rings is 1. The minimum Gasteiger partial charge on any atom is -0.353 e. The summed E-state index contributed by atoms with van der Waals surface area (Å²) in [4.78, 5) is 7.30. The molecule has 1 aromatic carbocycles. The fraction of sp³-hybridized carbons (Fsp3) is 0.0833. The molecule has 0 amide bonds. The lowest BCUT2D eigenvalue weighted by Crippen LogP contribution is -1.82. The number of H-pyrrole nitrogens is 1. The van der Waals surface area contributed by atoms with Crippen molar-refractivity contribution >= 4 is 23.2 Å². The SMILES string of the molecule is C=Cc1c(C=NC)[nH]c2ccccc12. The Hall–Kier alpha value is -1.83. The molecule has 0 bridgehead atoms. The molecule has 70 valence electrons. The first-order valence-electron chi connectivity index (χ1n) is 4.52. The van der Waals surface area contributed by atoms with Gasteiger partial charge in [-0.3, -0.25) is 4.99 Å². The fourth-order valence-corrected chi connectivity index (χ4v) is 1.64. The van der Waals surface area contributed by atoms with Crippen molar-refractivity contribution in [3.8, 4) is 0 Å². The van der Waals surface area contributed by atoms with E-state index in [1.165, 1.54) is 5.39 Å². The van der Waals surface area contributed by atoms with E-state index in [0.717, 1.165) is 16.8 Å². The van der Waals surface area contributed by atoms with E-state index in [9.17, 15) is 0 Å². The summed E-state index contributed by atoms with van der Waals surface area (Å²) in [6, 6.07) is 8.17. The van der Waals surface area contributed by atoms with Crippen LogP contribution in [0.15, 0.2) is 35.8 Å². The van der Waals surface area contributed by atoms with Crippen molar-refractivity contribution in [3.05, 3.63) is 42.1 Å². The maximum atomic E-state index is 4.01. The van der Waals surface area contributed by atoms with Gasteiger partial charge in [-0.25, -0.2) is 0 Å². The molecule has 1 heterocycles. The van der Waals surface area contributed by atoms with Gasteiger partial charge in [0.1, 0.15) is 0 Å². The van der Waals surface area contributed by atoms with E-state index in [-0.39, 0.29) is 0 Å². The van der Waals surface area contributed by atoms with Crippen molar-refractivity contribution in [3.63, 3.8) is 0 Å². The highest BCUT2D eigenvalue weighted by Gasteiger charge is 2.05. The van der Waals surface area contributed by atoms with E-state index in [1.54, 1.807) is 7.05 Å². The number of rotatable bonds is 2. The largest absolute Gasteiger partial charge is 0.353 e. The molecular weight excluding hydrogens is 172 g/mol. The molecule has 0 radical (unpaired) electrons. The van der Waals surface area contributed by atoms with Gasteiger partial charge in [-0.2, -0.15) is 0 Å². The van der Waals surface area contributed by atoms with Crippen molar-refractivity contribution in [2.24, 2.45) is 4.99 Å². The van der Waals surface area contributed by atoms with Crippen LogP contribution in [0.25, 0.3) is 17.0 Å². The van der Waals surface area contributed by atoms with Gasteiger partial charge in [0.05, 0.1) is 5.69 Å². The molecule has 2 nitrogen and oxygen atoms in total. The summed E-state index contributed by atoms with van der Waals surface area (Å²) in [5, 5.41) is 1.19. The third-order valence-corrected chi connectivity index (χ3v) is 2.24. The van der Waals surface area contributed by atoms with Crippen LogP contribution in [0.3, 0.4) is 0 Å². The summed E-state index contributed by atoms with van der Waals surface area (Å²) in [7, 11) is 1.76. The Balaban J connectivity index is 2.78. The highest BCUT2D eigenvalue weighted by Crippen LogP contribution is 2.21. The van der Waals surface area contributed by atoms with Crippen molar-refractivity contribution in [1.82, 2.24) is 4.98 Å². The molecule has 0 aliphatic heterocycles. The van der Waals surface area contributed by atoms with Gasteiger partial charge in [0, 0.05) is 29.7 Å². The lowest BCUT2D eigenvalue weighted by Gasteiger charge is -1.90. The van der Waals surface area contributed by atoms with Gasteiger partial charge >= 0.3 is 0 Å². The second-order valence-electron chi connectivity index (χ2n) is 3.09. The third kappa shape index (κ3) is 1.25. The summed E-state index contributed by atoms with van der Waals surface area (Å²) < 4.78 is 0. The Morgan fingerprint density at radius 2 is 2.14 bits per heavy atom. The van der Waals surface area contributed by atoms with Gasteiger partial charge in [-0.05, 0) is 6.07 Å². The number of aromatic amines is 1. The van der Waals surface area contributed by atoms with E-state index in [2.05, 4.69) is 28.7 Å². The quantitative estimate of drug-likeness (QED) is 0.695. The zero-order valence-electron chi connectivity index (χ0n) is 8.12. The van der Waals surface area contributed by atoms with E-state index in [0.29, 0.717) is 0 Å². The normalized spacial score (nSPS) is 11.2. The maximum Gasteiger partial charge on any atom is 0.0645 e. The molecule has 14 heavy (non-hydrogen) atoms.